The van der Waals surface area contributed by atoms with E-state index in [1.165, 1.54) is 30.1 Å². The quantitative estimate of drug-likeness (QED) is 0.464. The number of methoxy groups -OCH3 is 1. The first-order valence-corrected chi connectivity index (χ1v) is 13.0. The Morgan fingerprint density at radius 1 is 1.12 bits per heavy atom. The first-order valence-electron chi connectivity index (χ1n) is 10.2. The maximum Gasteiger partial charge on any atom is 0.322 e. The lowest BCUT2D eigenvalue weighted by Crippen LogP contribution is -2.44. The highest BCUT2D eigenvalue weighted by Crippen LogP contribution is 2.26. The first-order chi connectivity index (χ1) is 15.5. The zero-order valence-corrected chi connectivity index (χ0v) is 21.2. The van der Waals surface area contributed by atoms with Gasteiger partial charge in [0.25, 0.3) is 0 Å². The zero-order chi connectivity index (χ0) is 25.0. The Balaban J connectivity index is 0.000000383. The van der Waals surface area contributed by atoms with Crippen LogP contribution in [0.3, 0.4) is 0 Å². The summed E-state index contributed by atoms with van der Waals surface area (Å²) >= 11 is 1.85. The van der Waals surface area contributed by atoms with Crippen LogP contribution < -0.4 is 9.46 Å². The van der Waals surface area contributed by atoms with E-state index in [0.29, 0.717) is 10.8 Å². The molecule has 2 atom stereocenters. The van der Waals surface area contributed by atoms with Crippen molar-refractivity contribution in [1.82, 2.24) is 4.72 Å². The highest BCUT2D eigenvalue weighted by atomic mass is 32.2. The van der Waals surface area contributed by atoms with E-state index < -0.39 is 22.0 Å². The van der Waals surface area contributed by atoms with Crippen LogP contribution in [-0.2, 0) is 14.8 Å². The van der Waals surface area contributed by atoms with E-state index in [4.69, 9.17) is 9.84 Å². The number of hydrogen-bond donors (Lipinski definition) is 2. The largest absolute Gasteiger partial charge is 0.497 e. The summed E-state index contributed by atoms with van der Waals surface area (Å²) in [5.74, 6) is -0.647. The molecule has 9 heteroatoms. The van der Waals surface area contributed by atoms with Crippen molar-refractivity contribution >= 4 is 34.0 Å². The number of rotatable bonds is 10. The van der Waals surface area contributed by atoms with Gasteiger partial charge in [-0.2, -0.15) is 16.5 Å². The number of nitrogens with zero attached hydrogens (tertiary/aromatic N) is 1. The van der Waals surface area contributed by atoms with E-state index in [2.05, 4.69) is 41.6 Å². The van der Waals surface area contributed by atoms with E-state index in [1.54, 1.807) is 33.1 Å². The van der Waals surface area contributed by atoms with Crippen LogP contribution in [0.1, 0.15) is 37.1 Å². The minimum atomic E-state index is -3.88. The standard InChI is InChI=1S/C14H18N2O4S.C10H14OS/c1-4-15-9-11-5-7-12(8-6-11)21(19,20)16-13(10(2)3)14(17)18;1-8(12-3)9-4-6-10(11-2)7-5-9/h4-10,13,16H,1H2,2-3H3,(H,17,18);4-8H,1-3H3. The highest BCUT2D eigenvalue weighted by molar-refractivity contribution is 7.98. The van der Waals surface area contributed by atoms with Crippen molar-refractivity contribution in [3.8, 4) is 5.75 Å². The average Bonchev–Trinajstić information content (AvgIpc) is 2.81. The molecule has 0 spiro atoms. The predicted octanol–water partition coefficient (Wildman–Crippen LogP) is 4.76. The van der Waals surface area contributed by atoms with E-state index in [1.807, 2.05) is 23.9 Å². The fraction of sp³-hybridized carbons (Fsp3) is 0.333. The molecule has 0 bridgehead atoms. The molecule has 2 rings (SSSR count). The number of carboxylic acid groups (broad SMARTS) is 1. The number of benzene rings is 2. The molecular formula is C24H32N2O5S2. The molecule has 0 aliphatic rings. The summed E-state index contributed by atoms with van der Waals surface area (Å²) in [5.41, 5.74) is 2.07. The lowest BCUT2D eigenvalue weighted by molar-refractivity contribution is -0.140. The van der Waals surface area contributed by atoms with Crippen molar-refractivity contribution < 1.29 is 23.1 Å². The molecule has 0 aliphatic carbocycles. The molecule has 0 saturated heterocycles. The second kappa shape index (κ2) is 13.8. The summed E-state index contributed by atoms with van der Waals surface area (Å²) in [6.07, 6.45) is 5.02. The number of ether oxygens (including phenoxy) is 1. The number of hydrogen-bond acceptors (Lipinski definition) is 6. The molecular weight excluding hydrogens is 460 g/mol. The van der Waals surface area contributed by atoms with E-state index in [9.17, 15) is 13.2 Å². The predicted molar refractivity (Wildman–Crippen MR) is 136 cm³/mol. The van der Waals surface area contributed by atoms with E-state index in [0.717, 1.165) is 5.75 Å². The van der Waals surface area contributed by atoms with Crippen LogP contribution in [0.5, 0.6) is 5.75 Å². The number of thioether (sulfide) groups is 1. The number of carbonyl (C=O) groups is 1. The van der Waals surface area contributed by atoms with Crippen molar-refractivity contribution in [3.63, 3.8) is 0 Å². The minimum absolute atomic E-state index is 0.00477. The monoisotopic (exact) mass is 492 g/mol. The highest BCUT2D eigenvalue weighted by Gasteiger charge is 2.27. The summed E-state index contributed by atoms with van der Waals surface area (Å²) in [4.78, 5) is 14.9. The lowest BCUT2D eigenvalue weighted by Gasteiger charge is -2.17. The molecule has 33 heavy (non-hydrogen) atoms. The number of aliphatic imine (C=N–C) groups is 1. The van der Waals surface area contributed by atoms with Crippen LogP contribution in [0.25, 0.3) is 0 Å². The summed E-state index contributed by atoms with van der Waals surface area (Å²) in [7, 11) is -2.19. The molecule has 0 heterocycles. The van der Waals surface area contributed by atoms with Gasteiger partial charge in [0.2, 0.25) is 10.0 Å². The third kappa shape index (κ3) is 9.41. The van der Waals surface area contributed by atoms with Crippen LogP contribution in [0.15, 0.2) is 71.2 Å². The lowest BCUT2D eigenvalue weighted by atomic mass is 10.1. The van der Waals surface area contributed by atoms with Crippen LogP contribution in [0.4, 0.5) is 0 Å². The molecule has 180 valence electrons. The third-order valence-corrected chi connectivity index (χ3v) is 7.11. The molecule has 0 fully saturated rings. The van der Waals surface area contributed by atoms with Crippen molar-refractivity contribution in [1.29, 1.82) is 0 Å². The summed E-state index contributed by atoms with van der Waals surface area (Å²) < 4.78 is 31.6. The van der Waals surface area contributed by atoms with Crippen molar-refractivity contribution in [3.05, 3.63) is 72.4 Å². The molecule has 2 aromatic carbocycles. The van der Waals surface area contributed by atoms with Crippen LogP contribution in [0, 0.1) is 5.92 Å². The normalized spacial score (nSPS) is 13.2. The number of sulfonamides is 1. The van der Waals surface area contributed by atoms with Gasteiger partial charge < -0.3 is 9.84 Å². The second-order valence-electron chi connectivity index (χ2n) is 7.36. The topological polar surface area (TPSA) is 105 Å². The molecule has 0 radical (unpaired) electrons. The van der Waals surface area contributed by atoms with Crippen molar-refractivity contribution in [2.24, 2.45) is 10.9 Å². The van der Waals surface area contributed by atoms with Gasteiger partial charge in [0.1, 0.15) is 11.8 Å². The summed E-state index contributed by atoms with van der Waals surface area (Å²) in [5, 5.41) is 9.61. The number of carboxylic acids is 1. The fourth-order valence-electron chi connectivity index (χ4n) is 2.59. The SMILES string of the molecule is C=CN=Cc1ccc(S(=O)(=O)NC(C(=O)O)C(C)C)cc1.COc1ccc(C(C)SC)cc1. The Hall–Kier alpha value is -2.62. The van der Waals surface area contributed by atoms with Gasteiger partial charge >= 0.3 is 5.97 Å². The Bertz CT molecular complexity index is 1020. The molecule has 2 unspecified atom stereocenters. The van der Waals surface area contributed by atoms with Crippen LogP contribution in [-0.4, -0.2) is 45.1 Å². The van der Waals surface area contributed by atoms with E-state index >= 15 is 0 Å². The zero-order valence-electron chi connectivity index (χ0n) is 19.6. The maximum absolute atomic E-state index is 12.2. The van der Waals surface area contributed by atoms with Crippen molar-refractivity contribution in [2.45, 2.75) is 37.0 Å². The van der Waals surface area contributed by atoms with Gasteiger partial charge in [0.05, 0.1) is 12.0 Å². The fourth-order valence-corrected chi connectivity index (χ4v) is 4.36. The average molecular weight is 493 g/mol. The van der Waals surface area contributed by atoms with Gasteiger partial charge in [-0.15, -0.1) is 0 Å². The molecule has 2 N–H and O–H groups in total. The maximum atomic E-state index is 12.2. The Morgan fingerprint density at radius 3 is 2.12 bits per heavy atom. The Morgan fingerprint density at radius 2 is 1.70 bits per heavy atom. The molecule has 7 nitrogen and oxygen atoms in total. The smallest absolute Gasteiger partial charge is 0.322 e. The van der Waals surface area contributed by atoms with E-state index in [-0.39, 0.29) is 10.8 Å². The Labute approximate surface area is 201 Å². The van der Waals surface area contributed by atoms with Gasteiger partial charge in [-0.25, -0.2) is 8.42 Å². The summed E-state index contributed by atoms with van der Waals surface area (Å²) in [6, 6.07) is 13.0. The number of aliphatic carboxylic acids is 1. The van der Waals surface area contributed by atoms with Crippen LogP contribution >= 0.6 is 11.8 Å². The van der Waals surface area contributed by atoms with Gasteiger partial charge in [-0.1, -0.05) is 44.7 Å². The number of nitrogens with one attached hydrogen (secondary N) is 1. The van der Waals surface area contributed by atoms with Crippen molar-refractivity contribution in [2.75, 3.05) is 13.4 Å². The first kappa shape index (κ1) is 28.4. The van der Waals surface area contributed by atoms with Gasteiger partial charge in [0.15, 0.2) is 0 Å². The molecule has 2 aromatic rings. The van der Waals surface area contributed by atoms with Gasteiger partial charge in [-0.3, -0.25) is 9.79 Å². The van der Waals surface area contributed by atoms with Gasteiger partial charge in [0, 0.05) is 17.7 Å². The van der Waals surface area contributed by atoms with Crippen LogP contribution in [0.2, 0.25) is 0 Å². The second-order valence-corrected chi connectivity index (χ2v) is 10.3. The third-order valence-electron chi connectivity index (χ3n) is 4.67. The molecule has 0 aliphatic heterocycles. The van der Waals surface area contributed by atoms with Gasteiger partial charge in [-0.05, 0) is 54.5 Å². The molecule has 0 amide bonds. The summed E-state index contributed by atoms with van der Waals surface area (Å²) in [6.45, 7) is 8.91. The minimum Gasteiger partial charge on any atom is -0.497 e. The Kier molecular flexibility index (Phi) is 11.9. The molecule has 0 saturated carbocycles. The molecule has 0 aromatic heterocycles.